The average Bonchev–Trinajstić information content (AvgIpc) is 3.10. The Morgan fingerprint density at radius 2 is 2.43 bits per heavy atom. The lowest BCUT2D eigenvalue weighted by atomic mass is 9.79. The Labute approximate surface area is 142 Å². The average molecular weight is 338 g/mol. The van der Waals surface area contributed by atoms with E-state index in [0.717, 1.165) is 39.1 Å². The van der Waals surface area contributed by atoms with Crippen molar-refractivity contribution in [1.29, 1.82) is 0 Å². The van der Waals surface area contributed by atoms with Gasteiger partial charge in [0.05, 0.1) is 19.3 Å². The molecule has 1 aromatic rings. The summed E-state index contributed by atoms with van der Waals surface area (Å²) in [6.45, 7) is 4.99. The fraction of sp³-hybridized carbons (Fsp3) is 0.706. The highest BCUT2D eigenvalue weighted by atomic mass is 32.1. The van der Waals surface area contributed by atoms with Gasteiger partial charge in [-0.15, -0.1) is 11.3 Å². The van der Waals surface area contributed by atoms with Crippen molar-refractivity contribution in [3.8, 4) is 0 Å². The maximum absolute atomic E-state index is 12.7. The number of methoxy groups -OCH3 is 1. The van der Waals surface area contributed by atoms with Crippen molar-refractivity contribution >= 4 is 17.2 Å². The van der Waals surface area contributed by atoms with Crippen molar-refractivity contribution in [2.24, 2.45) is 11.8 Å². The van der Waals surface area contributed by atoms with Crippen molar-refractivity contribution in [3.63, 3.8) is 0 Å². The van der Waals surface area contributed by atoms with E-state index in [2.05, 4.69) is 16.3 Å². The van der Waals surface area contributed by atoms with Gasteiger partial charge in [0.15, 0.2) is 0 Å². The van der Waals surface area contributed by atoms with Crippen molar-refractivity contribution in [3.05, 3.63) is 22.4 Å². The van der Waals surface area contributed by atoms with E-state index in [9.17, 15) is 4.79 Å². The Morgan fingerprint density at radius 1 is 1.52 bits per heavy atom. The number of hydrogen-bond acceptors (Lipinski definition) is 5. The van der Waals surface area contributed by atoms with Gasteiger partial charge in [-0.25, -0.2) is 0 Å². The summed E-state index contributed by atoms with van der Waals surface area (Å²) >= 11 is 1.68. The molecule has 2 aliphatic heterocycles. The van der Waals surface area contributed by atoms with Crippen LogP contribution >= 0.6 is 11.3 Å². The summed E-state index contributed by atoms with van der Waals surface area (Å²) in [7, 11) is 1.73. The summed E-state index contributed by atoms with van der Waals surface area (Å²) in [5.74, 6) is 0.557. The molecule has 2 fully saturated rings. The molecule has 3 rings (SSSR count). The van der Waals surface area contributed by atoms with E-state index in [0.29, 0.717) is 19.1 Å². The molecule has 23 heavy (non-hydrogen) atoms. The zero-order valence-corrected chi connectivity index (χ0v) is 14.5. The molecule has 5 nitrogen and oxygen atoms in total. The van der Waals surface area contributed by atoms with Crippen LogP contribution in [0.15, 0.2) is 17.5 Å². The number of nitrogens with one attached hydrogen (secondary N) is 1. The number of thiophene rings is 1. The largest absolute Gasteiger partial charge is 0.383 e. The van der Waals surface area contributed by atoms with Crippen LogP contribution in [0.2, 0.25) is 0 Å². The van der Waals surface area contributed by atoms with E-state index in [4.69, 9.17) is 9.47 Å². The molecule has 0 aromatic carbocycles. The lowest BCUT2D eigenvalue weighted by Gasteiger charge is -2.44. The fourth-order valence-corrected chi connectivity index (χ4v) is 4.30. The molecular formula is C17H26N2O3S. The van der Waals surface area contributed by atoms with Crippen LogP contribution in [-0.2, 0) is 20.8 Å². The van der Waals surface area contributed by atoms with Gasteiger partial charge in [-0.05, 0) is 24.3 Å². The number of fused-ring (bicyclic) bond motifs is 1. The van der Waals surface area contributed by atoms with Crippen molar-refractivity contribution in [2.75, 3.05) is 40.0 Å². The molecule has 0 aliphatic carbocycles. The minimum absolute atomic E-state index is 0.0686. The fourth-order valence-electron chi connectivity index (χ4n) is 3.65. The van der Waals surface area contributed by atoms with E-state index in [1.54, 1.807) is 18.4 Å². The predicted molar refractivity (Wildman–Crippen MR) is 90.4 cm³/mol. The minimum atomic E-state index is 0.0686. The molecule has 6 heteroatoms. The quantitative estimate of drug-likeness (QED) is 0.858. The molecule has 2 saturated heterocycles. The van der Waals surface area contributed by atoms with Gasteiger partial charge in [-0.1, -0.05) is 6.07 Å². The lowest BCUT2D eigenvalue weighted by Crippen LogP contribution is -2.53. The van der Waals surface area contributed by atoms with Gasteiger partial charge in [0.25, 0.3) is 0 Å². The Balaban J connectivity index is 1.57. The van der Waals surface area contributed by atoms with Crippen molar-refractivity contribution in [2.45, 2.75) is 25.5 Å². The highest BCUT2D eigenvalue weighted by Gasteiger charge is 2.41. The second kappa shape index (κ2) is 8.24. The highest BCUT2D eigenvalue weighted by Crippen LogP contribution is 2.33. The zero-order chi connectivity index (χ0) is 16.1. The van der Waals surface area contributed by atoms with Gasteiger partial charge in [0.2, 0.25) is 5.91 Å². The first-order chi connectivity index (χ1) is 11.3. The number of rotatable bonds is 6. The van der Waals surface area contributed by atoms with Crippen molar-refractivity contribution in [1.82, 2.24) is 10.2 Å². The second-order valence-corrected chi connectivity index (χ2v) is 7.38. The number of piperidine rings is 1. The van der Waals surface area contributed by atoms with Crippen LogP contribution in [0.1, 0.15) is 17.7 Å². The SMILES string of the molecule is COCCN1CC[C@H]2OCC[C@@H](C(=O)NCc3cccs3)[C@H]2C1. The van der Waals surface area contributed by atoms with Gasteiger partial charge in [0, 0.05) is 50.1 Å². The standard InChI is InChI=1S/C17H26N2O3S/c1-21-9-7-19-6-4-16-15(12-19)14(5-8-22-16)17(20)18-11-13-3-2-10-23-13/h2-3,10,14-16H,4-9,11-12H2,1H3,(H,18,20)/t14-,15-,16-/m1/s1. The Kier molecular flexibility index (Phi) is 6.05. The molecule has 0 spiro atoms. The molecule has 0 unspecified atom stereocenters. The third kappa shape index (κ3) is 4.32. The zero-order valence-electron chi connectivity index (χ0n) is 13.7. The van der Waals surface area contributed by atoms with Crippen LogP contribution in [0.4, 0.5) is 0 Å². The molecule has 1 N–H and O–H groups in total. The first-order valence-corrected chi connectivity index (χ1v) is 9.29. The molecular weight excluding hydrogens is 312 g/mol. The first kappa shape index (κ1) is 16.9. The smallest absolute Gasteiger partial charge is 0.223 e. The van der Waals surface area contributed by atoms with E-state index >= 15 is 0 Å². The maximum Gasteiger partial charge on any atom is 0.223 e. The molecule has 128 valence electrons. The summed E-state index contributed by atoms with van der Waals surface area (Å²) in [4.78, 5) is 16.3. The first-order valence-electron chi connectivity index (χ1n) is 8.41. The van der Waals surface area contributed by atoms with Gasteiger partial charge in [-0.2, -0.15) is 0 Å². The Bertz CT molecular complexity index is 494. The summed E-state index contributed by atoms with van der Waals surface area (Å²) < 4.78 is 11.1. The van der Waals surface area contributed by atoms with Crippen molar-refractivity contribution < 1.29 is 14.3 Å². The molecule has 3 atom stereocenters. The lowest BCUT2D eigenvalue weighted by molar-refractivity contribution is -0.142. The highest BCUT2D eigenvalue weighted by molar-refractivity contribution is 7.09. The summed E-state index contributed by atoms with van der Waals surface area (Å²) in [5.41, 5.74) is 0. The Morgan fingerprint density at radius 3 is 3.22 bits per heavy atom. The maximum atomic E-state index is 12.7. The third-order valence-corrected chi connectivity index (χ3v) is 5.80. The topological polar surface area (TPSA) is 50.8 Å². The molecule has 1 amide bonds. The van der Waals surface area contributed by atoms with Gasteiger partial charge in [-0.3, -0.25) is 4.79 Å². The van der Waals surface area contributed by atoms with E-state index in [1.807, 2.05) is 11.4 Å². The van der Waals surface area contributed by atoms with Crippen LogP contribution in [0.5, 0.6) is 0 Å². The number of amides is 1. The molecule has 0 bridgehead atoms. The number of nitrogens with zero attached hydrogens (tertiary/aromatic N) is 1. The molecule has 0 radical (unpaired) electrons. The number of ether oxygens (including phenoxy) is 2. The van der Waals surface area contributed by atoms with Gasteiger partial charge in [0.1, 0.15) is 0 Å². The predicted octanol–water partition coefficient (Wildman–Crippen LogP) is 1.74. The summed E-state index contributed by atoms with van der Waals surface area (Å²) in [5, 5.41) is 5.16. The van der Waals surface area contributed by atoms with Gasteiger partial charge < -0.3 is 19.7 Å². The van der Waals surface area contributed by atoms with E-state index < -0.39 is 0 Å². The van der Waals surface area contributed by atoms with E-state index in [1.165, 1.54) is 4.88 Å². The Hall–Kier alpha value is -0.950. The van der Waals surface area contributed by atoms with Crippen LogP contribution < -0.4 is 5.32 Å². The second-order valence-electron chi connectivity index (χ2n) is 6.35. The van der Waals surface area contributed by atoms with Crippen LogP contribution in [0.25, 0.3) is 0 Å². The molecule has 0 saturated carbocycles. The number of likely N-dealkylation sites (tertiary alicyclic amines) is 1. The summed E-state index contributed by atoms with van der Waals surface area (Å²) in [6.07, 6.45) is 2.08. The van der Waals surface area contributed by atoms with Crippen LogP contribution in [0, 0.1) is 11.8 Å². The number of carbonyl (C=O) groups is 1. The molecule has 1 aromatic heterocycles. The molecule has 3 heterocycles. The van der Waals surface area contributed by atoms with Gasteiger partial charge >= 0.3 is 0 Å². The normalized spacial score (nSPS) is 28.3. The number of carbonyl (C=O) groups excluding carboxylic acids is 1. The summed E-state index contributed by atoms with van der Waals surface area (Å²) in [6, 6.07) is 4.08. The van der Waals surface area contributed by atoms with E-state index in [-0.39, 0.29) is 17.9 Å². The van der Waals surface area contributed by atoms with Crippen LogP contribution in [-0.4, -0.2) is 56.9 Å². The third-order valence-electron chi connectivity index (χ3n) is 4.92. The minimum Gasteiger partial charge on any atom is -0.383 e. The van der Waals surface area contributed by atoms with Crippen LogP contribution in [0.3, 0.4) is 0 Å². The number of hydrogen-bond donors (Lipinski definition) is 1. The monoisotopic (exact) mass is 338 g/mol. The molecule has 2 aliphatic rings.